The van der Waals surface area contributed by atoms with Gasteiger partial charge in [-0.25, -0.2) is 0 Å². The number of amides is 14. The molecule has 12 atom stereocenters. The molecule has 0 aliphatic carbocycles. The van der Waals surface area contributed by atoms with Crippen molar-refractivity contribution in [2.75, 3.05) is 45.9 Å². The zero-order valence-corrected chi connectivity index (χ0v) is 67.5. The number of fused-ring (bicyclic) bond motifs is 2. The molecule has 1 aliphatic heterocycles. The van der Waals surface area contributed by atoms with E-state index in [1.54, 1.807) is 74.8 Å². The second-order valence-electron chi connectivity index (χ2n) is 29.6. The molecule has 1 fully saturated rings. The Morgan fingerprint density at radius 1 is 0.517 bits per heavy atom. The molecule has 0 unspecified atom stereocenters. The number of rotatable bonds is 47. The number of hydrogen-bond donors (Lipinski definition) is 21. The Labute approximate surface area is 684 Å². The van der Waals surface area contributed by atoms with Gasteiger partial charge in [-0.15, -0.1) is 0 Å². The van der Waals surface area contributed by atoms with Crippen molar-refractivity contribution in [1.82, 2.24) is 79.1 Å². The van der Waals surface area contributed by atoms with Crippen LogP contribution in [0.3, 0.4) is 0 Å². The number of benzene rings is 3. The number of H-pyrrole nitrogens is 2. The van der Waals surface area contributed by atoms with Crippen LogP contribution in [0, 0.1) is 5.92 Å². The van der Waals surface area contributed by atoms with E-state index in [9.17, 15) is 72.5 Å². The predicted octanol–water partition coefficient (Wildman–Crippen LogP) is -1.42. The molecule has 0 bridgehead atoms. The molecule has 37 nitrogen and oxygen atoms in total. The van der Waals surface area contributed by atoms with E-state index in [2.05, 4.69) is 86.0 Å². The maximum Gasteiger partial charge on any atom is 0.325 e. The molecular weight excluding hydrogens is 1530 g/mol. The van der Waals surface area contributed by atoms with Gasteiger partial charge < -0.3 is 117 Å². The van der Waals surface area contributed by atoms with Gasteiger partial charge in [0.15, 0.2) is 0 Å². The van der Waals surface area contributed by atoms with Crippen molar-refractivity contribution in [3.8, 4) is 5.75 Å². The summed E-state index contributed by atoms with van der Waals surface area (Å²) in [5.41, 5.74) is 26.1. The lowest BCUT2D eigenvalue weighted by atomic mass is 9.96. The summed E-state index contributed by atoms with van der Waals surface area (Å²) in [6.07, 6.45) is 9.76. The molecule has 3 heterocycles. The number of aromatic amines is 2. The van der Waals surface area contributed by atoms with E-state index in [0.29, 0.717) is 44.9 Å². The number of nitrogens with two attached hydrogens (primary N) is 4. The maximum atomic E-state index is 15.0. The minimum atomic E-state index is -1.87. The van der Waals surface area contributed by atoms with Gasteiger partial charge in [-0.2, -0.15) is 0 Å². The first-order valence-electron chi connectivity index (χ1n) is 40.5. The van der Waals surface area contributed by atoms with Crippen LogP contribution in [0.5, 0.6) is 5.75 Å². The van der Waals surface area contributed by atoms with Crippen LogP contribution in [0.2, 0.25) is 0 Å². The third-order valence-electron chi connectivity index (χ3n) is 20.3. The van der Waals surface area contributed by atoms with E-state index >= 15 is 9.59 Å². The topological polar surface area (TPSA) is 598 Å². The summed E-state index contributed by atoms with van der Waals surface area (Å²) in [7, 11) is 0. The summed E-state index contributed by atoms with van der Waals surface area (Å²) in [4.78, 5) is 216. The number of phenols is 1. The molecule has 37 heteroatoms. The van der Waals surface area contributed by atoms with Crippen LogP contribution in [0.1, 0.15) is 160 Å². The van der Waals surface area contributed by atoms with Gasteiger partial charge in [0.25, 0.3) is 0 Å². The first-order chi connectivity index (χ1) is 56.6. The Morgan fingerprint density at radius 3 is 1.52 bits per heavy atom. The minimum absolute atomic E-state index is 0.00715. The van der Waals surface area contributed by atoms with Crippen LogP contribution < -0.4 is 92.1 Å². The quantitative estimate of drug-likeness (QED) is 0.0157. The number of esters is 1. The second-order valence-corrected chi connectivity index (χ2v) is 29.6. The number of hydrogen-bond acceptors (Lipinski definition) is 21. The van der Waals surface area contributed by atoms with Gasteiger partial charge >= 0.3 is 5.97 Å². The van der Waals surface area contributed by atoms with Crippen molar-refractivity contribution in [2.24, 2.45) is 28.9 Å². The number of phenolic OH excluding ortho intramolecular Hbond substituents is 1. The Kier molecular flexibility index (Phi) is 40.5. The average Bonchev–Trinajstić information content (AvgIpc) is 1.64. The molecule has 0 spiro atoms. The van der Waals surface area contributed by atoms with Crippen molar-refractivity contribution in [2.45, 2.75) is 229 Å². The Morgan fingerprint density at radius 2 is 0.992 bits per heavy atom. The number of nitrogens with one attached hydrogen (secondary N) is 15. The highest BCUT2D eigenvalue weighted by atomic mass is 16.5. The first kappa shape index (κ1) is 95.3. The van der Waals surface area contributed by atoms with E-state index in [4.69, 9.17) is 27.7 Å². The number of aliphatic hydroxyl groups is 1. The van der Waals surface area contributed by atoms with Crippen LogP contribution >= 0.6 is 0 Å². The molecular formula is C81H119N19O18. The molecule has 25 N–H and O–H groups in total. The molecule has 646 valence electrons. The molecule has 3 aromatic carbocycles. The van der Waals surface area contributed by atoms with Gasteiger partial charge in [-0.3, -0.25) is 71.9 Å². The van der Waals surface area contributed by atoms with Gasteiger partial charge in [0.1, 0.15) is 78.8 Å². The van der Waals surface area contributed by atoms with Crippen LogP contribution in [0.4, 0.5) is 0 Å². The monoisotopic (exact) mass is 1650 g/mol. The van der Waals surface area contributed by atoms with Crippen LogP contribution in [-0.4, -0.2) is 221 Å². The second kappa shape index (κ2) is 50.1. The molecule has 5 aromatic rings. The first-order valence-corrected chi connectivity index (χ1v) is 40.5. The number of aromatic nitrogens is 2. The highest BCUT2D eigenvalue weighted by Gasteiger charge is 2.40. The summed E-state index contributed by atoms with van der Waals surface area (Å²) in [6.45, 7) is 3.62. The smallest absolute Gasteiger partial charge is 0.325 e. The number of para-hydroxylation sites is 2. The highest BCUT2D eigenvalue weighted by Crippen LogP contribution is 2.23. The Balaban J connectivity index is 1.21. The molecule has 2 aromatic heterocycles. The van der Waals surface area contributed by atoms with Crippen molar-refractivity contribution in [1.29, 1.82) is 0 Å². The van der Waals surface area contributed by atoms with E-state index in [0.717, 1.165) is 38.5 Å². The zero-order chi connectivity index (χ0) is 86.2. The number of carbonyl (C=O) groups is 15. The van der Waals surface area contributed by atoms with Crippen molar-refractivity contribution < 1.29 is 86.9 Å². The molecule has 6 rings (SSSR count). The summed E-state index contributed by atoms with van der Waals surface area (Å²) in [5.74, 6) is -14.8. The Hall–Kier alpha value is -11.6. The fraction of sp³-hybridized carbons (Fsp3) is 0.543. The van der Waals surface area contributed by atoms with Gasteiger partial charge in [-0.05, 0) is 118 Å². The summed E-state index contributed by atoms with van der Waals surface area (Å²) >= 11 is 0. The SMILES string of the molecule is CCCCCCCCCCCC(=O)N[C@H](CO)C(=O)N[C@H](Cc1ccc(O)cc1)C(=O)N[C@H](Cc1c[nH]c2ccccc12)C(=O)N[C@H](CCCN)C(=O)N[C@@H](CCCN)C(=O)NCC(=O)N[C@H](CCCN)C(=O)N[C@@H](Cc1c[nH]c2ccccc12)C(=O)N[C@@H]1C(=O)N[C@@H]([C@@H](C)CC)C(=O)N[C@@H](CC(N)=O)C(=O)NCC(=O)NCC(=O)O[C@@H]1C. The normalized spacial score (nSPS) is 17.5. The average molecular weight is 1650 g/mol. The maximum absolute atomic E-state index is 15.0. The van der Waals surface area contributed by atoms with Crippen LogP contribution in [0.25, 0.3) is 21.8 Å². The number of primary amides is 1. The summed E-state index contributed by atoms with van der Waals surface area (Å²) < 4.78 is 5.56. The fourth-order valence-electron chi connectivity index (χ4n) is 13.4. The van der Waals surface area contributed by atoms with Gasteiger partial charge in [0.2, 0.25) is 82.7 Å². The highest BCUT2D eigenvalue weighted by molar-refractivity contribution is 6.01. The molecule has 0 radical (unpaired) electrons. The zero-order valence-electron chi connectivity index (χ0n) is 67.5. The van der Waals surface area contributed by atoms with Gasteiger partial charge in [0.05, 0.1) is 26.1 Å². The standard InChI is InChI=1S/C81H119N19O18/c1-5-7-8-9-10-11-12-13-14-29-66(104)92-64(46-101)79(115)95-60(37-49-30-32-52(102)33-31-49)76(112)97-61(38-50-41-86-55-24-17-15-22-53(50)55)77(113)94-59(28-21-36-84)75(111)93-57(26-19-34-82)72(108)90-44-68(106)91-58(27-20-35-83)74(110)96-62(39-51-42-87-56-25-18-16-23-54(51)56)78(114)100-71-48(4)118-69(107)45-88-67(105)43-89-73(109)63(40-65(85)103)98-80(116)70(47(3)6-2)99-81(71)117/h15-18,22-25,30-33,41-42,47-48,57-64,70-71,86-87,101-102H,5-14,19-21,26-29,34-40,43-46,82-84H2,1-4H3,(H2,85,103)(H,88,105)(H,89,109)(H,90,108)(H,91,106)(H,92,104)(H,93,111)(H,94,113)(H,95,115)(H,96,110)(H,97,112)(H,98,116)(H,99,117)(H,100,114)/t47-,48+,57-,58+,59+,60+,61+,62-,63-,64+,70-,71-/m0/s1. The van der Waals surface area contributed by atoms with Crippen LogP contribution in [-0.2, 0) is 95.9 Å². The molecule has 0 saturated carbocycles. The third-order valence-corrected chi connectivity index (χ3v) is 20.3. The van der Waals surface area contributed by atoms with Crippen LogP contribution in [0.15, 0.2) is 85.2 Å². The fourth-order valence-corrected chi connectivity index (χ4v) is 13.4. The predicted molar refractivity (Wildman–Crippen MR) is 437 cm³/mol. The lowest BCUT2D eigenvalue weighted by Gasteiger charge is -2.31. The lowest BCUT2D eigenvalue weighted by Crippen LogP contribution is -2.63. The third kappa shape index (κ3) is 31.5. The molecule has 14 amide bonds. The number of ether oxygens (including phenoxy) is 1. The van der Waals surface area contributed by atoms with Crippen molar-refractivity contribution in [3.05, 3.63) is 102 Å². The van der Waals surface area contributed by atoms with Gasteiger partial charge in [-0.1, -0.05) is 127 Å². The summed E-state index contributed by atoms with van der Waals surface area (Å²) in [5, 5.41) is 55.1. The summed E-state index contributed by atoms with van der Waals surface area (Å²) in [6, 6.07) is 4.54. The van der Waals surface area contributed by atoms with E-state index < -0.39 is 194 Å². The molecule has 118 heavy (non-hydrogen) atoms. The molecule has 1 aliphatic rings. The van der Waals surface area contributed by atoms with Crippen molar-refractivity contribution in [3.63, 3.8) is 0 Å². The number of aliphatic hydroxyl groups excluding tert-OH is 1. The van der Waals surface area contributed by atoms with Gasteiger partial charge in [0, 0.05) is 59.9 Å². The number of aromatic hydroxyl groups is 1. The largest absolute Gasteiger partial charge is 0.508 e. The number of unbranched alkanes of at least 4 members (excludes halogenated alkanes) is 8. The number of cyclic esters (lactones) is 1. The van der Waals surface area contributed by atoms with E-state index in [1.807, 2.05) is 0 Å². The Bertz CT molecular complexity index is 4190. The van der Waals surface area contributed by atoms with E-state index in [1.165, 1.54) is 44.0 Å². The minimum Gasteiger partial charge on any atom is -0.508 e. The van der Waals surface area contributed by atoms with Crippen molar-refractivity contribution >= 4 is 110 Å². The lowest BCUT2D eigenvalue weighted by molar-refractivity contribution is -0.153. The van der Waals surface area contributed by atoms with E-state index in [-0.39, 0.29) is 96.0 Å². The molecule has 1 saturated heterocycles. The number of carbonyl (C=O) groups excluding carboxylic acids is 15.